The second-order valence-corrected chi connectivity index (χ2v) is 7.64. The molecule has 3 aromatic rings. The molecule has 1 saturated heterocycles. The van der Waals surface area contributed by atoms with Gasteiger partial charge >= 0.3 is 6.03 Å². The number of hydrogen-bond acceptors (Lipinski definition) is 7. The van der Waals surface area contributed by atoms with Gasteiger partial charge in [-0.15, -0.1) is 11.3 Å². The van der Waals surface area contributed by atoms with Crippen LogP contribution in [0.25, 0.3) is 10.7 Å². The number of aryl methyl sites for hydroxylation is 1. The zero-order valence-corrected chi connectivity index (χ0v) is 15.3. The Morgan fingerprint density at radius 1 is 1.36 bits per heavy atom. The lowest BCUT2D eigenvalue weighted by atomic mass is 9.94. The maximum Gasteiger partial charge on any atom is 0.323 e. The lowest BCUT2D eigenvalue weighted by Crippen LogP contribution is -2.40. The van der Waals surface area contributed by atoms with Crippen molar-refractivity contribution >= 4 is 34.0 Å². The number of thiophene rings is 1. The second kappa shape index (κ2) is 6.93. The van der Waals surface area contributed by atoms with E-state index in [-0.39, 0.29) is 6.03 Å². The van der Waals surface area contributed by atoms with Crippen molar-refractivity contribution in [1.29, 1.82) is 0 Å². The van der Waals surface area contributed by atoms with E-state index in [4.69, 9.17) is 4.52 Å². The number of likely N-dealkylation sites (tertiary alicyclic amines) is 1. The number of anilines is 1. The average molecular weight is 375 g/mol. The number of nitrogens with one attached hydrogen (secondary N) is 1. The van der Waals surface area contributed by atoms with Gasteiger partial charge in [-0.2, -0.15) is 9.36 Å². The molecule has 4 heterocycles. The molecular formula is C16H17N5O2S2. The number of aromatic nitrogens is 3. The summed E-state index contributed by atoms with van der Waals surface area (Å²) in [4.78, 5) is 19.7. The van der Waals surface area contributed by atoms with E-state index < -0.39 is 0 Å². The van der Waals surface area contributed by atoms with Gasteiger partial charge in [-0.3, -0.25) is 5.32 Å². The van der Waals surface area contributed by atoms with Crippen molar-refractivity contribution in [3.05, 3.63) is 35.0 Å². The predicted octanol–water partition coefficient (Wildman–Crippen LogP) is 3.97. The number of amides is 2. The number of nitrogens with zero attached hydrogens (tertiary/aromatic N) is 4. The summed E-state index contributed by atoms with van der Waals surface area (Å²) in [6, 6.07) is 3.82. The van der Waals surface area contributed by atoms with Crippen LogP contribution in [0.3, 0.4) is 0 Å². The van der Waals surface area contributed by atoms with Gasteiger partial charge in [-0.1, -0.05) is 5.16 Å². The Kier molecular flexibility index (Phi) is 4.50. The minimum Gasteiger partial charge on any atom is -0.365 e. The third kappa shape index (κ3) is 3.42. The molecule has 0 unspecified atom stereocenters. The van der Waals surface area contributed by atoms with Gasteiger partial charge in [0.2, 0.25) is 5.13 Å². The first kappa shape index (κ1) is 16.2. The van der Waals surface area contributed by atoms with Gasteiger partial charge in [0.1, 0.15) is 6.26 Å². The van der Waals surface area contributed by atoms with Crippen LogP contribution < -0.4 is 5.32 Å². The third-order valence-electron chi connectivity index (χ3n) is 4.36. The molecule has 1 aliphatic rings. The van der Waals surface area contributed by atoms with E-state index in [0.717, 1.165) is 29.0 Å². The highest BCUT2D eigenvalue weighted by molar-refractivity contribution is 7.14. The molecule has 0 radical (unpaired) electrons. The van der Waals surface area contributed by atoms with E-state index in [0.29, 0.717) is 30.0 Å². The maximum atomic E-state index is 12.4. The van der Waals surface area contributed by atoms with Crippen LogP contribution in [0.5, 0.6) is 0 Å². The number of carbonyl (C=O) groups is 1. The summed E-state index contributed by atoms with van der Waals surface area (Å²) >= 11 is 2.82. The number of rotatable bonds is 3. The molecule has 0 aromatic carbocycles. The Hall–Kier alpha value is -2.26. The highest BCUT2D eigenvalue weighted by Crippen LogP contribution is 2.30. The normalized spacial score (nSPS) is 15.5. The van der Waals surface area contributed by atoms with Gasteiger partial charge in [-0.25, -0.2) is 4.79 Å². The van der Waals surface area contributed by atoms with Crippen LogP contribution in [-0.2, 0) is 0 Å². The van der Waals surface area contributed by atoms with E-state index in [1.165, 1.54) is 11.5 Å². The van der Waals surface area contributed by atoms with Crippen LogP contribution in [0, 0.1) is 6.92 Å². The molecule has 0 spiro atoms. The molecule has 0 atom stereocenters. The Morgan fingerprint density at radius 3 is 2.88 bits per heavy atom. The maximum absolute atomic E-state index is 12.4. The molecule has 1 aliphatic heterocycles. The van der Waals surface area contributed by atoms with E-state index in [2.05, 4.69) is 19.8 Å². The quantitative estimate of drug-likeness (QED) is 0.749. The highest BCUT2D eigenvalue weighted by atomic mass is 32.1. The molecule has 0 bridgehead atoms. The van der Waals surface area contributed by atoms with Gasteiger partial charge < -0.3 is 9.42 Å². The summed E-state index contributed by atoms with van der Waals surface area (Å²) in [5.74, 6) is 1.04. The fourth-order valence-corrected chi connectivity index (χ4v) is 4.43. The first-order valence-electron chi connectivity index (χ1n) is 8.05. The van der Waals surface area contributed by atoms with Gasteiger partial charge in [0.25, 0.3) is 0 Å². The standard InChI is InChI=1S/C16H17N5O2S2/c1-10-5-9-24-13(10)14-17-15(25-20-14)18-16(22)21-6-2-11(3-7-21)12-4-8-23-19-12/h4-5,8-9,11H,2-3,6-7H2,1H3,(H,17,18,20,22). The van der Waals surface area contributed by atoms with E-state index >= 15 is 0 Å². The lowest BCUT2D eigenvalue weighted by Gasteiger charge is -2.30. The molecular weight excluding hydrogens is 358 g/mol. The molecule has 4 rings (SSSR count). The first-order valence-corrected chi connectivity index (χ1v) is 9.70. The van der Waals surface area contributed by atoms with Crippen LogP contribution in [0.2, 0.25) is 0 Å². The largest absolute Gasteiger partial charge is 0.365 e. The number of piperidine rings is 1. The van der Waals surface area contributed by atoms with Gasteiger partial charge in [-0.05, 0) is 36.8 Å². The number of carbonyl (C=O) groups excluding carboxylic acids is 1. The fourth-order valence-electron chi connectivity index (χ4n) is 2.95. The molecule has 2 amide bonds. The number of urea groups is 1. The molecule has 9 heteroatoms. The summed E-state index contributed by atoms with van der Waals surface area (Å²) in [6.07, 6.45) is 3.36. The average Bonchev–Trinajstić information content (AvgIpc) is 3.36. The molecule has 130 valence electrons. The Morgan fingerprint density at radius 2 is 2.20 bits per heavy atom. The molecule has 25 heavy (non-hydrogen) atoms. The van der Waals surface area contributed by atoms with E-state index in [1.807, 2.05) is 29.3 Å². The minimum atomic E-state index is -0.121. The molecule has 1 N–H and O–H groups in total. The zero-order chi connectivity index (χ0) is 17.2. The fraction of sp³-hybridized carbons (Fsp3) is 0.375. The summed E-state index contributed by atoms with van der Waals surface area (Å²) in [5, 5.41) is 9.42. The molecule has 3 aromatic heterocycles. The van der Waals surface area contributed by atoms with Gasteiger partial charge in [0.15, 0.2) is 5.82 Å². The summed E-state index contributed by atoms with van der Waals surface area (Å²) in [7, 11) is 0. The molecule has 7 nitrogen and oxygen atoms in total. The van der Waals surface area contributed by atoms with Crippen molar-refractivity contribution in [3.8, 4) is 10.7 Å². The Bertz CT molecular complexity index is 850. The minimum absolute atomic E-state index is 0.121. The van der Waals surface area contributed by atoms with Crippen molar-refractivity contribution in [2.24, 2.45) is 0 Å². The van der Waals surface area contributed by atoms with Crippen LogP contribution in [0.4, 0.5) is 9.93 Å². The van der Waals surface area contributed by atoms with Crippen molar-refractivity contribution in [1.82, 2.24) is 19.4 Å². The highest BCUT2D eigenvalue weighted by Gasteiger charge is 2.26. The monoisotopic (exact) mass is 375 g/mol. The van der Waals surface area contributed by atoms with Crippen LogP contribution in [0.15, 0.2) is 28.3 Å². The smallest absolute Gasteiger partial charge is 0.323 e. The zero-order valence-electron chi connectivity index (χ0n) is 13.6. The van der Waals surface area contributed by atoms with Gasteiger partial charge in [0.05, 0.1) is 10.6 Å². The second-order valence-electron chi connectivity index (χ2n) is 5.97. The van der Waals surface area contributed by atoms with Crippen molar-refractivity contribution < 1.29 is 9.32 Å². The van der Waals surface area contributed by atoms with Gasteiger partial charge in [0, 0.05) is 36.6 Å². The summed E-state index contributed by atoms with van der Waals surface area (Å²) < 4.78 is 9.26. The Labute approximate surface area is 152 Å². The molecule has 0 aliphatic carbocycles. The molecule has 0 saturated carbocycles. The van der Waals surface area contributed by atoms with Crippen molar-refractivity contribution in [2.45, 2.75) is 25.7 Å². The van der Waals surface area contributed by atoms with Crippen LogP contribution >= 0.6 is 22.9 Å². The molecule has 1 fully saturated rings. The Balaban J connectivity index is 1.35. The third-order valence-corrected chi connectivity index (χ3v) is 6.01. The van der Waals surface area contributed by atoms with Crippen LogP contribution in [0.1, 0.15) is 30.0 Å². The lowest BCUT2D eigenvalue weighted by molar-refractivity contribution is 0.193. The topological polar surface area (TPSA) is 84.2 Å². The summed E-state index contributed by atoms with van der Waals surface area (Å²) in [5.41, 5.74) is 2.12. The first-order chi connectivity index (χ1) is 12.2. The number of hydrogen-bond donors (Lipinski definition) is 1. The van der Waals surface area contributed by atoms with Crippen molar-refractivity contribution in [2.75, 3.05) is 18.4 Å². The predicted molar refractivity (Wildman–Crippen MR) is 97.0 cm³/mol. The van der Waals surface area contributed by atoms with Crippen molar-refractivity contribution in [3.63, 3.8) is 0 Å². The van der Waals surface area contributed by atoms with E-state index in [1.54, 1.807) is 17.6 Å². The SMILES string of the molecule is Cc1ccsc1-c1nsc(NC(=O)N2CCC(c3ccon3)CC2)n1. The van der Waals surface area contributed by atoms with Crippen LogP contribution in [-0.4, -0.2) is 38.5 Å². The van der Waals surface area contributed by atoms with E-state index in [9.17, 15) is 4.79 Å². The summed E-state index contributed by atoms with van der Waals surface area (Å²) in [6.45, 7) is 3.42.